The topological polar surface area (TPSA) is 115 Å². The van der Waals surface area contributed by atoms with Gasteiger partial charge in [0.2, 0.25) is 0 Å². The number of nitrogens with two attached hydrogens (primary N) is 1. The van der Waals surface area contributed by atoms with Gasteiger partial charge >= 0.3 is 6.01 Å². The summed E-state index contributed by atoms with van der Waals surface area (Å²) < 4.78 is 29.9. The number of ether oxygens (including phenoxy) is 2. The molecule has 11 nitrogen and oxygen atoms in total. The number of hydrogen-bond donors (Lipinski definition) is 1. The normalized spacial score (nSPS) is 26.6. The highest BCUT2D eigenvalue weighted by Crippen LogP contribution is 2.47. The van der Waals surface area contributed by atoms with Gasteiger partial charge in [0.05, 0.1) is 35.7 Å². The minimum Gasteiger partial charge on any atom is -0.461 e. The van der Waals surface area contributed by atoms with Crippen molar-refractivity contribution in [1.82, 2.24) is 29.5 Å². The molecule has 6 heterocycles. The first kappa shape index (κ1) is 31.5. The predicted octanol–water partition coefficient (Wildman–Crippen LogP) is 4.41. The third-order valence-corrected chi connectivity index (χ3v) is 11.5. The van der Waals surface area contributed by atoms with E-state index in [9.17, 15) is 9.18 Å². The van der Waals surface area contributed by atoms with E-state index >= 15 is 0 Å². The number of carbonyl (C=O) groups excluding carboxylic acids is 1. The predicted molar refractivity (Wildman–Crippen MR) is 180 cm³/mol. The zero-order chi connectivity index (χ0) is 33.2. The third kappa shape index (κ3) is 5.41. The number of rotatable bonds is 6. The van der Waals surface area contributed by atoms with Gasteiger partial charge in [0, 0.05) is 56.8 Å². The number of nitrogen functional groups attached to an aromatic ring is 1. The Morgan fingerprint density at radius 1 is 1.17 bits per heavy atom. The van der Waals surface area contributed by atoms with Crippen LogP contribution in [0, 0.1) is 0 Å². The average Bonchev–Trinajstić information content (AvgIpc) is 3.70. The lowest BCUT2D eigenvalue weighted by Crippen LogP contribution is -2.44. The summed E-state index contributed by atoms with van der Waals surface area (Å²) in [6.45, 7) is 8.13. The molecule has 48 heavy (non-hydrogen) atoms. The Morgan fingerprint density at radius 2 is 2.04 bits per heavy atom. The molecule has 3 unspecified atom stereocenters. The molecule has 2 saturated heterocycles. The molecule has 2 aromatic heterocycles. The molecule has 12 heteroatoms. The van der Waals surface area contributed by atoms with Gasteiger partial charge in [-0.15, -0.1) is 0 Å². The van der Waals surface area contributed by atoms with Crippen LogP contribution in [0.2, 0.25) is 0 Å². The zero-order valence-electron chi connectivity index (χ0n) is 28.4. The number of anilines is 2. The first-order chi connectivity index (χ1) is 23.1. The SMILES string of the molecule is CC(C)N(C)C(=O)c1cc2n(n1)CCCN(c1nc(OCC34CCCN3CC(F)C4)nc3c1COC1(CCCc4ccc(N)cc41)C3)C2. The fourth-order valence-corrected chi connectivity index (χ4v) is 8.73. The van der Waals surface area contributed by atoms with Crippen molar-refractivity contribution in [1.29, 1.82) is 0 Å². The van der Waals surface area contributed by atoms with E-state index in [0.717, 1.165) is 85.6 Å². The highest BCUT2D eigenvalue weighted by molar-refractivity contribution is 5.92. The van der Waals surface area contributed by atoms with Gasteiger partial charge in [-0.05, 0) is 88.2 Å². The molecule has 1 aliphatic carbocycles. The molecule has 8 rings (SSSR count). The first-order valence-corrected chi connectivity index (χ1v) is 17.7. The molecule has 1 spiro atoms. The number of hydrogen-bond acceptors (Lipinski definition) is 9. The maximum absolute atomic E-state index is 14.6. The lowest BCUT2D eigenvalue weighted by atomic mass is 9.74. The first-order valence-electron chi connectivity index (χ1n) is 17.7. The number of alkyl halides is 1. The summed E-state index contributed by atoms with van der Waals surface area (Å²) in [5.41, 5.74) is 12.0. The maximum Gasteiger partial charge on any atom is 0.318 e. The molecule has 0 bridgehead atoms. The molecular formula is C36H47FN8O3. The van der Waals surface area contributed by atoms with Crippen LogP contribution in [-0.4, -0.2) is 86.5 Å². The van der Waals surface area contributed by atoms with E-state index in [1.54, 1.807) is 4.90 Å². The van der Waals surface area contributed by atoms with Crippen molar-refractivity contribution in [2.24, 2.45) is 0 Å². The van der Waals surface area contributed by atoms with E-state index in [4.69, 9.17) is 30.3 Å². The average molecular weight is 659 g/mol. The second-order valence-corrected chi connectivity index (χ2v) is 14.9. The number of fused-ring (bicyclic) bond motifs is 5. The van der Waals surface area contributed by atoms with E-state index in [-0.39, 0.29) is 17.5 Å². The smallest absolute Gasteiger partial charge is 0.318 e. The second kappa shape index (κ2) is 12.0. The van der Waals surface area contributed by atoms with E-state index < -0.39 is 11.8 Å². The maximum atomic E-state index is 14.6. The zero-order valence-corrected chi connectivity index (χ0v) is 28.4. The lowest BCUT2D eigenvalue weighted by Gasteiger charge is -2.43. The van der Waals surface area contributed by atoms with E-state index in [2.05, 4.69) is 21.9 Å². The summed E-state index contributed by atoms with van der Waals surface area (Å²) in [5.74, 6) is 0.716. The number of aryl methyl sites for hydroxylation is 2. The molecule has 2 N–H and O–H groups in total. The molecule has 4 aliphatic heterocycles. The lowest BCUT2D eigenvalue weighted by molar-refractivity contribution is -0.0855. The van der Waals surface area contributed by atoms with Gasteiger partial charge in [-0.25, -0.2) is 4.39 Å². The van der Waals surface area contributed by atoms with Crippen LogP contribution < -0.4 is 15.4 Å². The van der Waals surface area contributed by atoms with Gasteiger partial charge < -0.3 is 25.0 Å². The summed E-state index contributed by atoms with van der Waals surface area (Å²) in [7, 11) is 1.81. The summed E-state index contributed by atoms with van der Waals surface area (Å²) in [6, 6.07) is 8.51. The summed E-state index contributed by atoms with van der Waals surface area (Å²) >= 11 is 0. The van der Waals surface area contributed by atoms with Gasteiger partial charge in [0.25, 0.3) is 5.91 Å². The minimum atomic E-state index is -0.830. The van der Waals surface area contributed by atoms with Crippen molar-refractivity contribution >= 4 is 17.4 Å². The highest BCUT2D eigenvalue weighted by Gasteiger charge is 2.50. The Kier molecular flexibility index (Phi) is 7.86. The number of nitrogens with zero attached hydrogens (tertiary/aromatic N) is 7. The monoisotopic (exact) mass is 658 g/mol. The number of carbonyl (C=O) groups is 1. The Morgan fingerprint density at radius 3 is 2.90 bits per heavy atom. The van der Waals surface area contributed by atoms with Crippen molar-refractivity contribution in [2.45, 2.75) is 108 Å². The summed E-state index contributed by atoms with van der Waals surface area (Å²) in [5, 5.41) is 4.71. The number of amides is 1. The molecule has 1 amide bonds. The molecule has 0 radical (unpaired) electrons. The van der Waals surface area contributed by atoms with Crippen molar-refractivity contribution in [3.8, 4) is 6.01 Å². The van der Waals surface area contributed by atoms with Crippen LogP contribution in [-0.2, 0) is 42.9 Å². The minimum absolute atomic E-state index is 0.0770. The molecule has 1 aromatic carbocycles. The standard InChI is InChI=1S/C36H47FN8O3/c1-23(2)42(3)33(46)30-16-27-20-43(12-6-14-45(27)41-30)32-28-21-48-36(11-4-7-24-8-9-26(38)15-29(24)36)18-31(28)39-34(40-32)47-22-35-10-5-13-44(35)19-25(37)17-35/h8-9,15-16,23,25H,4-7,10-14,17-22,38H2,1-3H3. The fraction of sp³-hybridized carbons (Fsp3) is 0.611. The van der Waals surface area contributed by atoms with Crippen LogP contribution in [0.25, 0.3) is 0 Å². The van der Waals surface area contributed by atoms with E-state index in [1.165, 1.54) is 5.56 Å². The molecule has 0 saturated carbocycles. The van der Waals surface area contributed by atoms with Crippen molar-refractivity contribution < 1.29 is 18.7 Å². The highest BCUT2D eigenvalue weighted by atomic mass is 19.1. The van der Waals surface area contributed by atoms with E-state index in [1.807, 2.05) is 37.7 Å². The van der Waals surface area contributed by atoms with Crippen LogP contribution >= 0.6 is 0 Å². The Hall–Kier alpha value is -3.77. The van der Waals surface area contributed by atoms with Crippen LogP contribution in [0.3, 0.4) is 0 Å². The Balaban J connectivity index is 1.15. The number of halogens is 1. The van der Waals surface area contributed by atoms with Crippen molar-refractivity contribution in [3.63, 3.8) is 0 Å². The van der Waals surface area contributed by atoms with Crippen LogP contribution in [0.4, 0.5) is 15.9 Å². The van der Waals surface area contributed by atoms with Crippen molar-refractivity contribution in [3.05, 3.63) is 58.0 Å². The van der Waals surface area contributed by atoms with Gasteiger partial charge in [-0.2, -0.15) is 15.1 Å². The van der Waals surface area contributed by atoms with E-state index in [0.29, 0.717) is 57.4 Å². The largest absolute Gasteiger partial charge is 0.461 e. The van der Waals surface area contributed by atoms with Crippen LogP contribution in [0.1, 0.15) is 90.9 Å². The van der Waals surface area contributed by atoms with Gasteiger partial charge in [0.15, 0.2) is 5.69 Å². The Labute approximate surface area is 281 Å². The van der Waals surface area contributed by atoms with Crippen LogP contribution in [0.5, 0.6) is 6.01 Å². The third-order valence-electron chi connectivity index (χ3n) is 11.5. The summed E-state index contributed by atoms with van der Waals surface area (Å²) in [6.07, 6.45) is 5.98. The Bertz CT molecular complexity index is 1730. The van der Waals surface area contributed by atoms with Gasteiger partial charge in [-0.1, -0.05) is 6.07 Å². The van der Waals surface area contributed by atoms with Gasteiger partial charge in [0.1, 0.15) is 18.6 Å². The summed E-state index contributed by atoms with van der Waals surface area (Å²) in [4.78, 5) is 29.6. The molecular weight excluding hydrogens is 611 g/mol. The molecule has 2 fully saturated rings. The number of benzene rings is 1. The molecule has 3 atom stereocenters. The molecule has 3 aromatic rings. The molecule has 5 aliphatic rings. The van der Waals surface area contributed by atoms with Crippen molar-refractivity contribution in [2.75, 3.05) is 43.9 Å². The van der Waals surface area contributed by atoms with Gasteiger partial charge in [-0.3, -0.25) is 14.4 Å². The number of aromatic nitrogens is 4. The second-order valence-electron chi connectivity index (χ2n) is 14.9. The quantitative estimate of drug-likeness (QED) is 0.385. The van der Waals surface area contributed by atoms with Crippen LogP contribution in [0.15, 0.2) is 24.3 Å². The fourth-order valence-electron chi connectivity index (χ4n) is 8.73. The molecule has 256 valence electrons.